The van der Waals surface area contributed by atoms with Crippen molar-refractivity contribution in [3.8, 4) is 17.0 Å². The average molecular weight is 842 g/mol. The summed E-state index contributed by atoms with van der Waals surface area (Å²) in [6.07, 6.45) is 9.58. The van der Waals surface area contributed by atoms with Gasteiger partial charge in [0.15, 0.2) is 11.3 Å². The molecule has 4 fully saturated rings. The van der Waals surface area contributed by atoms with Crippen molar-refractivity contribution in [3.05, 3.63) is 72.6 Å². The Hall–Kier alpha value is -5.51. The Morgan fingerprint density at radius 3 is 2.52 bits per heavy atom. The van der Waals surface area contributed by atoms with E-state index in [1.54, 1.807) is 30.3 Å². The van der Waals surface area contributed by atoms with Crippen LogP contribution in [-0.4, -0.2) is 83.7 Å². The smallest absolute Gasteiger partial charge is 0.408 e. The topological polar surface area (TPSA) is 186 Å². The van der Waals surface area contributed by atoms with E-state index in [4.69, 9.17) is 18.9 Å². The van der Waals surface area contributed by atoms with Gasteiger partial charge in [0.1, 0.15) is 46.7 Å². The molecular formula is C44H48FN5O9S. The van der Waals surface area contributed by atoms with E-state index in [0.717, 1.165) is 38.5 Å². The summed E-state index contributed by atoms with van der Waals surface area (Å²) in [4.78, 5) is 62.6. The van der Waals surface area contributed by atoms with Gasteiger partial charge in [0.05, 0.1) is 17.5 Å². The first kappa shape index (κ1) is 39.9. The quantitative estimate of drug-likeness (QED) is 0.173. The molecule has 14 nitrogen and oxygen atoms in total. The zero-order valence-corrected chi connectivity index (χ0v) is 33.9. The van der Waals surface area contributed by atoms with Crippen molar-refractivity contribution < 1.29 is 45.9 Å². The highest BCUT2D eigenvalue weighted by molar-refractivity contribution is 7.91. The van der Waals surface area contributed by atoms with Crippen molar-refractivity contribution in [2.75, 3.05) is 6.54 Å². The van der Waals surface area contributed by atoms with E-state index in [2.05, 4.69) is 15.4 Å². The largest absolute Gasteiger partial charge is 0.484 e. The van der Waals surface area contributed by atoms with Gasteiger partial charge in [-0.3, -0.25) is 19.1 Å². The van der Waals surface area contributed by atoms with E-state index in [1.165, 1.54) is 11.0 Å². The van der Waals surface area contributed by atoms with Crippen molar-refractivity contribution >= 4 is 55.9 Å². The monoisotopic (exact) mass is 841 g/mol. The minimum Gasteiger partial charge on any atom is -0.484 e. The molecule has 4 aromatic rings. The van der Waals surface area contributed by atoms with E-state index < -0.39 is 74.5 Å². The molecule has 60 heavy (non-hydrogen) atoms. The van der Waals surface area contributed by atoms with Crippen molar-refractivity contribution in [1.82, 2.24) is 25.2 Å². The van der Waals surface area contributed by atoms with E-state index in [0.29, 0.717) is 54.2 Å². The SMILES string of the molecule is O=C(N[C@H]1CCCCC/C=C\[C@@H]2C[C@@]2(C(=O)NS(=O)(=O)C2CC2)NC(=O)[C@@H]2C[C@@H](Oc3cc(-c4ccccc4F)nc4c3oc3ccccc34)CN2C1=O)OC1CCCC1. The zero-order chi connectivity index (χ0) is 41.6. The summed E-state index contributed by atoms with van der Waals surface area (Å²) in [5, 5.41) is 5.72. The summed E-state index contributed by atoms with van der Waals surface area (Å²) in [7, 11) is -3.93. The van der Waals surface area contributed by atoms with Crippen LogP contribution in [0.4, 0.5) is 9.18 Å². The number of halogens is 1. The Bertz CT molecular complexity index is 2480. The van der Waals surface area contributed by atoms with Crippen LogP contribution >= 0.6 is 0 Å². The van der Waals surface area contributed by atoms with Crippen LogP contribution in [0.2, 0.25) is 0 Å². The van der Waals surface area contributed by atoms with Crippen LogP contribution in [-0.2, 0) is 29.1 Å². The normalized spacial score (nSPS) is 27.0. The summed E-state index contributed by atoms with van der Waals surface area (Å²) in [5.74, 6) is -2.73. The molecule has 2 aliphatic heterocycles. The Labute approximate surface area is 346 Å². The third-order valence-corrected chi connectivity index (χ3v) is 14.3. The van der Waals surface area contributed by atoms with Crippen LogP contribution in [0.3, 0.4) is 0 Å². The van der Waals surface area contributed by atoms with Gasteiger partial charge < -0.3 is 29.4 Å². The van der Waals surface area contributed by atoms with Gasteiger partial charge in [-0.05, 0) is 88.5 Å². The molecule has 5 atom stereocenters. The molecule has 2 aromatic carbocycles. The van der Waals surface area contributed by atoms with Gasteiger partial charge in [0, 0.05) is 29.4 Å². The van der Waals surface area contributed by atoms with E-state index in [9.17, 15) is 27.6 Å². The maximum atomic E-state index is 15.2. The molecule has 2 aromatic heterocycles. The summed E-state index contributed by atoms with van der Waals surface area (Å²) in [6.45, 7) is -0.0928. The molecular weight excluding hydrogens is 794 g/mol. The van der Waals surface area contributed by atoms with Gasteiger partial charge in [-0.1, -0.05) is 49.3 Å². The number of allylic oxidation sites excluding steroid dienone is 1. The first-order valence-electron chi connectivity index (χ1n) is 21.1. The molecule has 4 heterocycles. The Morgan fingerprint density at radius 2 is 1.72 bits per heavy atom. The first-order chi connectivity index (χ1) is 29.0. The fourth-order valence-electron chi connectivity index (χ4n) is 8.91. The lowest BCUT2D eigenvalue weighted by Gasteiger charge is -2.30. The minimum absolute atomic E-state index is 0.0333. The standard InChI is InChI=1S/C44H48FN5O9S/c45-32-17-10-8-15-30(32)34-23-37(39-38(46-34)31-16-9-11-19-36(31)59-39)57-28-22-35-40(51)48-44(42(53)49-60(55,56)29-20-21-29)24-26(44)12-4-2-1-3-5-18-33(41(52)50(35)25-28)47-43(54)58-27-13-6-7-14-27/h4,8-12,15-17,19,23,26-29,33,35H,1-3,5-7,13-14,18,20-22,24-25H2,(H,47,54)(H,48,51)(H,49,53)/b12-4-/t26-,28-,33+,35+,44-/m1/s1. The highest BCUT2D eigenvalue weighted by Crippen LogP contribution is 2.46. The van der Waals surface area contributed by atoms with Gasteiger partial charge in [-0.15, -0.1) is 0 Å². The number of carbonyl (C=O) groups excluding carboxylic acids is 4. The molecule has 1 saturated heterocycles. The Morgan fingerprint density at radius 1 is 0.950 bits per heavy atom. The van der Waals surface area contributed by atoms with Gasteiger partial charge >= 0.3 is 6.09 Å². The fourth-order valence-corrected chi connectivity index (χ4v) is 10.3. The second kappa shape index (κ2) is 16.2. The Kier molecular flexibility index (Phi) is 10.8. The van der Waals surface area contributed by atoms with Crippen LogP contribution in [0.15, 0.2) is 71.2 Å². The molecule has 3 aliphatic carbocycles. The molecule has 316 valence electrons. The number of ether oxygens (including phenoxy) is 2. The molecule has 0 spiro atoms. The molecule has 3 N–H and O–H groups in total. The van der Waals surface area contributed by atoms with Gasteiger partial charge in [-0.2, -0.15) is 0 Å². The van der Waals surface area contributed by atoms with Crippen molar-refractivity contribution in [2.24, 2.45) is 5.92 Å². The van der Waals surface area contributed by atoms with Crippen molar-refractivity contribution in [3.63, 3.8) is 0 Å². The van der Waals surface area contributed by atoms with Gasteiger partial charge in [0.25, 0.3) is 5.91 Å². The summed E-state index contributed by atoms with van der Waals surface area (Å²) >= 11 is 0. The van der Waals surface area contributed by atoms with Gasteiger partial charge in [-0.25, -0.2) is 22.6 Å². The van der Waals surface area contributed by atoms with Crippen LogP contribution in [0.5, 0.6) is 5.75 Å². The lowest BCUT2D eigenvalue weighted by atomic mass is 10.0. The third kappa shape index (κ3) is 8.05. The number of aromatic nitrogens is 1. The van der Waals surface area contributed by atoms with Gasteiger partial charge in [0.2, 0.25) is 21.8 Å². The highest BCUT2D eigenvalue weighted by Gasteiger charge is 2.62. The van der Waals surface area contributed by atoms with E-state index in [-0.39, 0.29) is 42.5 Å². The number of benzene rings is 2. The number of rotatable bonds is 8. The molecule has 9 rings (SSSR count). The minimum atomic E-state index is -3.93. The predicted molar refractivity (Wildman–Crippen MR) is 218 cm³/mol. The number of carbonyl (C=O) groups is 4. The lowest BCUT2D eigenvalue weighted by Crippen LogP contribution is -2.58. The molecule has 0 unspecified atom stereocenters. The second-order valence-electron chi connectivity index (χ2n) is 16.8. The van der Waals surface area contributed by atoms with Crippen LogP contribution in [0.25, 0.3) is 33.3 Å². The van der Waals surface area contributed by atoms with Crippen LogP contribution in [0.1, 0.15) is 83.5 Å². The maximum Gasteiger partial charge on any atom is 0.408 e. The second-order valence-corrected chi connectivity index (χ2v) is 18.7. The summed E-state index contributed by atoms with van der Waals surface area (Å²) < 4.78 is 61.9. The lowest BCUT2D eigenvalue weighted by molar-refractivity contribution is -0.141. The number of para-hydroxylation sites is 1. The molecule has 3 saturated carbocycles. The number of fused-ring (bicyclic) bond motifs is 5. The number of hydrogen-bond donors (Lipinski definition) is 3. The Balaban J connectivity index is 1.06. The van der Waals surface area contributed by atoms with Crippen LogP contribution in [0, 0.1) is 11.7 Å². The molecule has 4 amide bonds. The number of alkyl carbamates (subject to hydrolysis) is 1. The molecule has 5 aliphatic rings. The summed E-state index contributed by atoms with van der Waals surface area (Å²) in [6, 6.07) is 12.9. The molecule has 16 heteroatoms. The average Bonchev–Trinajstić information content (AvgIpc) is 4.04. The molecule has 0 bridgehead atoms. The third-order valence-electron chi connectivity index (χ3n) is 12.4. The number of pyridine rings is 1. The van der Waals surface area contributed by atoms with E-state index >= 15 is 4.39 Å². The number of hydrogen-bond acceptors (Lipinski definition) is 10. The highest BCUT2D eigenvalue weighted by atomic mass is 32.2. The molecule has 0 radical (unpaired) electrons. The number of amides is 4. The first-order valence-corrected chi connectivity index (χ1v) is 22.6. The van der Waals surface area contributed by atoms with Crippen molar-refractivity contribution in [1.29, 1.82) is 0 Å². The number of nitrogens with one attached hydrogen (secondary N) is 3. The maximum absolute atomic E-state index is 15.2. The zero-order valence-electron chi connectivity index (χ0n) is 33.1. The fraction of sp³-hybridized carbons (Fsp3) is 0.477. The number of sulfonamides is 1. The number of nitrogens with zero attached hydrogens (tertiary/aromatic N) is 2. The van der Waals surface area contributed by atoms with E-state index in [1.807, 2.05) is 30.4 Å². The number of furan rings is 1. The summed E-state index contributed by atoms with van der Waals surface area (Å²) in [5.41, 5.74) is 0.244. The van der Waals surface area contributed by atoms with Crippen LogP contribution < -0.4 is 20.1 Å². The van der Waals surface area contributed by atoms with Crippen molar-refractivity contribution in [2.45, 2.75) is 119 Å². The predicted octanol–water partition coefficient (Wildman–Crippen LogP) is 6.18.